The summed E-state index contributed by atoms with van der Waals surface area (Å²) in [5.74, 6) is 1.31. The molecular formula is C14H14ClNO2. The Labute approximate surface area is 111 Å². The first-order valence-corrected chi connectivity index (χ1v) is 5.88. The van der Waals surface area contributed by atoms with Crippen LogP contribution in [0.4, 0.5) is 5.69 Å². The normalized spacial score (nSPS) is 10.1. The van der Waals surface area contributed by atoms with E-state index >= 15 is 0 Å². The van der Waals surface area contributed by atoms with Crippen LogP contribution in [0.5, 0.6) is 11.5 Å². The summed E-state index contributed by atoms with van der Waals surface area (Å²) < 4.78 is 10.8. The zero-order valence-corrected chi connectivity index (χ0v) is 10.8. The van der Waals surface area contributed by atoms with Crippen molar-refractivity contribution in [1.29, 1.82) is 0 Å². The molecule has 0 fully saturated rings. The van der Waals surface area contributed by atoms with Crippen LogP contribution in [-0.2, 0) is 6.61 Å². The minimum absolute atomic E-state index is 0.394. The van der Waals surface area contributed by atoms with Gasteiger partial charge in [-0.2, -0.15) is 0 Å². The van der Waals surface area contributed by atoms with E-state index in [1.807, 2.05) is 24.3 Å². The second-order valence-electron chi connectivity index (χ2n) is 3.80. The Morgan fingerprint density at radius 3 is 2.67 bits per heavy atom. The first-order chi connectivity index (χ1) is 8.70. The Kier molecular flexibility index (Phi) is 3.95. The van der Waals surface area contributed by atoms with Crippen molar-refractivity contribution in [1.82, 2.24) is 0 Å². The molecule has 3 nitrogen and oxygen atoms in total. The van der Waals surface area contributed by atoms with Crippen molar-refractivity contribution < 1.29 is 9.47 Å². The molecule has 2 aromatic rings. The van der Waals surface area contributed by atoms with Gasteiger partial charge in [0.2, 0.25) is 0 Å². The molecule has 0 aromatic heterocycles. The molecule has 0 heterocycles. The number of para-hydroxylation sites is 1. The Bertz CT molecular complexity index is 523. The van der Waals surface area contributed by atoms with Crippen molar-refractivity contribution in [3.63, 3.8) is 0 Å². The third-order valence-electron chi connectivity index (χ3n) is 2.51. The second kappa shape index (κ2) is 5.65. The van der Waals surface area contributed by atoms with Gasteiger partial charge >= 0.3 is 0 Å². The fourth-order valence-corrected chi connectivity index (χ4v) is 1.83. The third kappa shape index (κ3) is 2.87. The highest BCUT2D eigenvalue weighted by Crippen LogP contribution is 2.31. The zero-order chi connectivity index (χ0) is 13.0. The number of hydrogen-bond acceptors (Lipinski definition) is 3. The number of nitrogen functional groups attached to an aromatic ring is 1. The highest BCUT2D eigenvalue weighted by atomic mass is 35.5. The predicted molar refractivity (Wildman–Crippen MR) is 73.2 cm³/mol. The quantitative estimate of drug-likeness (QED) is 0.859. The van der Waals surface area contributed by atoms with E-state index in [2.05, 4.69) is 0 Å². The number of rotatable bonds is 4. The summed E-state index contributed by atoms with van der Waals surface area (Å²) in [7, 11) is 1.63. The van der Waals surface area contributed by atoms with Crippen LogP contribution < -0.4 is 15.2 Å². The van der Waals surface area contributed by atoms with Crippen molar-refractivity contribution in [2.45, 2.75) is 6.61 Å². The van der Waals surface area contributed by atoms with Crippen LogP contribution >= 0.6 is 11.6 Å². The molecule has 0 saturated carbocycles. The molecule has 0 bridgehead atoms. The lowest BCUT2D eigenvalue weighted by atomic mass is 10.2. The molecule has 0 unspecified atom stereocenters. The summed E-state index contributed by atoms with van der Waals surface area (Å²) in [5, 5.41) is 0.512. The average molecular weight is 264 g/mol. The largest absolute Gasteiger partial charge is 0.497 e. The number of nitrogens with two attached hydrogens (primary N) is 1. The topological polar surface area (TPSA) is 44.5 Å². The van der Waals surface area contributed by atoms with Gasteiger partial charge in [0.1, 0.15) is 12.4 Å². The van der Waals surface area contributed by atoms with Crippen molar-refractivity contribution in [3.8, 4) is 11.5 Å². The summed E-state index contributed by atoms with van der Waals surface area (Å²) >= 11 is 6.02. The lowest BCUT2D eigenvalue weighted by molar-refractivity contribution is 0.307. The molecule has 4 heteroatoms. The molecule has 0 atom stereocenters. The fourth-order valence-electron chi connectivity index (χ4n) is 1.60. The maximum atomic E-state index is 6.02. The summed E-state index contributed by atoms with van der Waals surface area (Å²) in [4.78, 5) is 0. The van der Waals surface area contributed by atoms with Gasteiger partial charge in [0.25, 0.3) is 0 Å². The third-order valence-corrected chi connectivity index (χ3v) is 2.81. The van der Waals surface area contributed by atoms with Gasteiger partial charge in [0, 0.05) is 0 Å². The first kappa shape index (κ1) is 12.6. The van der Waals surface area contributed by atoms with Crippen LogP contribution in [0, 0.1) is 0 Å². The van der Waals surface area contributed by atoms with Gasteiger partial charge in [0.05, 0.1) is 17.8 Å². The van der Waals surface area contributed by atoms with Crippen LogP contribution in [0.1, 0.15) is 5.56 Å². The van der Waals surface area contributed by atoms with Crippen LogP contribution in [0.25, 0.3) is 0 Å². The molecule has 0 spiro atoms. The van der Waals surface area contributed by atoms with Crippen molar-refractivity contribution >= 4 is 17.3 Å². The Morgan fingerprint density at radius 1 is 1.17 bits per heavy atom. The molecule has 2 aromatic carbocycles. The van der Waals surface area contributed by atoms with Crippen LogP contribution in [0.15, 0.2) is 42.5 Å². The van der Waals surface area contributed by atoms with E-state index in [4.69, 9.17) is 26.8 Å². The van der Waals surface area contributed by atoms with Gasteiger partial charge in [-0.15, -0.1) is 0 Å². The van der Waals surface area contributed by atoms with Gasteiger partial charge in [-0.25, -0.2) is 0 Å². The van der Waals surface area contributed by atoms with E-state index in [-0.39, 0.29) is 0 Å². The maximum absolute atomic E-state index is 6.02. The summed E-state index contributed by atoms with van der Waals surface area (Å²) in [6.07, 6.45) is 0. The van der Waals surface area contributed by atoms with E-state index in [1.54, 1.807) is 25.3 Å². The van der Waals surface area contributed by atoms with E-state index in [9.17, 15) is 0 Å². The lowest BCUT2D eigenvalue weighted by Gasteiger charge is -2.11. The Hall–Kier alpha value is -1.87. The molecule has 2 rings (SSSR count). The average Bonchev–Trinajstić information content (AvgIpc) is 2.38. The van der Waals surface area contributed by atoms with E-state index in [0.717, 1.165) is 11.3 Å². The van der Waals surface area contributed by atoms with Gasteiger partial charge < -0.3 is 15.2 Å². The number of benzene rings is 2. The van der Waals surface area contributed by atoms with Crippen LogP contribution in [0.2, 0.25) is 5.02 Å². The minimum Gasteiger partial charge on any atom is -0.497 e. The minimum atomic E-state index is 0.394. The standard InChI is InChI=1S/C14H14ClNO2/c1-17-11-5-2-4-10(8-11)9-18-14-12(15)6-3-7-13(14)16/h2-8H,9,16H2,1H3. The van der Waals surface area contributed by atoms with Gasteiger partial charge in [0.15, 0.2) is 5.75 Å². The number of ether oxygens (including phenoxy) is 2. The number of anilines is 1. The SMILES string of the molecule is COc1cccc(COc2c(N)cccc2Cl)c1. The van der Waals surface area contributed by atoms with Gasteiger partial charge in [-0.05, 0) is 29.8 Å². The molecule has 0 aliphatic carbocycles. The van der Waals surface area contributed by atoms with E-state index in [0.29, 0.717) is 23.1 Å². The van der Waals surface area contributed by atoms with E-state index < -0.39 is 0 Å². The Morgan fingerprint density at radius 2 is 1.94 bits per heavy atom. The number of hydrogen-bond donors (Lipinski definition) is 1. The smallest absolute Gasteiger partial charge is 0.161 e. The molecule has 18 heavy (non-hydrogen) atoms. The van der Waals surface area contributed by atoms with Crippen molar-refractivity contribution in [2.75, 3.05) is 12.8 Å². The van der Waals surface area contributed by atoms with Crippen molar-refractivity contribution in [3.05, 3.63) is 53.1 Å². The summed E-state index contributed by atoms with van der Waals surface area (Å²) in [6, 6.07) is 12.9. The lowest BCUT2D eigenvalue weighted by Crippen LogP contribution is -1.99. The second-order valence-corrected chi connectivity index (χ2v) is 4.21. The number of halogens is 1. The molecule has 0 radical (unpaired) electrons. The first-order valence-electron chi connectivity index (χ1n) is 5.50. The molecular weight excluding hydrogens is 250 g/mol. The molecule has 0 saturated heterocycles. The van der Waals surface area contributed by atoms with Gasteiger partial charge in [-0.3, -0.25) is 0 Å². The summed E-state index contributed by atoms with van der Waals surface area (Å²) in [5.41, 5.74) is 7.33. The molecule has 0 aliphatic heterocycles. The van der Waals surface area contributed by atoms with Crippen LogP contribution in [0.3, 0.4) is 0 Å². The highest BCUT2D eigenvalue weighted by molar-refractivity contribution is 6.32. The molecule has 2 N–H and O–H groups in total. The van der Waals surface area contributed by atoms with Crippen molar-refractivity contribution in [2.24, 2.45) is 0 Å². The molecule has 0 aliphatic rings. The molecule has 0 amide bonds. The monoisotopic (exact) mass is 263 g/mol. The maximum Gasteiger partial charge on any atom is 0.161 e. The zero-order valence-electron chi connectivity index (χ0n) is 10.0. The highest BCUT2D eigenvalue weighted by Gasteiger charge is 2.06. The predicted octanol–water partition coefficient (Wildman–Crippen LogP) is 3.51. The van der Waals surface area contributed by atoms with Crippen LogP contribution in [-0.4, -0.2) is 7.11 Å². The van der Waals surface area contributed by atoms with Gasteiger partial charge in [-0.1, -0.05) is 29.8 Å². The summed E-state index contributed by atoms with van der Waals surface area (Å²) in [6.45, 7) is 0.394. The van der Waals surface area contributed by atoms with E-state index in [1.165, 1.54) is 0 Å². The fraction of sp³-hybridized carbons (Fsp3) is 0.143. The molecule has 94 valence electrons. The Balaban J connectivity index is 2.11. The number of methoxy groups -OCH3 is 1.